The van der Waals surface area contributed by atoms with E-state index in [1.807, 2.05) is 34.9 Å². The SMILES string of the molecule is CCC(C)Nc1nc2c(c(=O)n(C)c(=O)n2C)n1Cc1ccccc1. The highest BCUT2D eigenvalue weighted by Crippen LogP contribution is 2.19. The molecule has 0 bridgehead atoms. The third kappa shape index (κ3) is 2.97. The molecule has 0 amide bonds. The summed E-state index contributed by atoms with van der Waals surface area (Å²) in [6, 6.07) is 10.1. The normalized spacial score (nSPS) is 12.5. The van der Waals surface area contributed by atoms with Gasteiger partial charge in [0.25, 0.3) is 5.56 Å². The monoisotopic (exact) mass is 341 g/mol. The van der Waals surface area contributed by atoms with Crippen LogP contribution in [0.4, 0.5) is 5.95 Å². The third-order valence-electron chi connectivity index (χ3n) is 4.52. The van der Waals surface area contributed by atoms with Gasteiger partial charge in [-0.25, -0.2) is 4.79 Å². The van der Waals surface area contributed by atoms with Crippen LogP contribution in [0.5, 0.6) is 0 Å². The summed E-state index contributed by atoms with van der Waals surface area (Å²) in [6.45, 7) is 4.64. The average Bonchev–Trinajstić information content (AvgIpc) is 2.97. The van der Waals surface area contributed by atoms with Gasteiger partial charge in [-0.15, -0.1) is 0 Å². The van der Waals surface area contributed by atoms with Crippen molar-refractivity contribution < 1.29 is 0 Å². The topological polar surface area (TPSA) is 73.8 Å². The second-order valence-corrected chi connectivity index (χ2v) is 6.34. The van der Waals surface area contributed by atoms with Crippen LogP contribution in [0, 0.1) is 0 Å². The fourth-order valence-electron chi connectivity index (χ4n) is 2.80. The molecular weight excluding hydrogens is 318 g/mol. The Morgan fingerprint density at radius 1 is 1.12 bits per heavy atom. The highest BCUT2D eigenvalue weighted by Gasteiger charge is 2.20. The van der Waals surface area contributed by atoms with Crippen molar-refractivity contribution in [2.75, 3.05) is 5.32 Å². The summed E-state index contributed by atoms with van der Waals surface area (Å²) in [4.78, 5) is 29.5. The summed E-state index contributed by atoms with van der Waals surface area (Å²) < 4.78 is 4.40. The molecule has 1 N–H and O–H groups in total. The van der Waals surface area contributed by atoms with Crippen LogP contribution >= 0.6 is 0 Å². The van der Waals surface area contributed by atoms with Crippen molar-refractivity contribution in [3.05, 3.63) is 56.7 Å². The Hall–Kier alpha value is -2.83. The van der Waals surface area contributed by atoms with E-state index in [0.717, 1.165) is 16.6 Å². The molecule has 132 valence electrons. The van der Waals surface area contributed by atoms with Gasteiger partial charge in [0.1, 0.15) is 0 Å². The van der Waals surface area contributed by atoms with Crippen LogP contribution in [-0.2, 0) is 20.6 Å². The first kappa shape index (κ1) is 17.0. The Morgan fingerprint density at radius 2 is 1.80 bits per heavy atom. The first-order chi connectivity index (χ1) is 11.9. The van der Waals surface area contributed by atoms with E-state index in [4.69, 9.17) is 0 Å². The lowest BCUT2D eigenvalue weighted by atomic mass is 10.2. The lowest BCUT2D eigenvalue weighted by Gasteiger charge is -2.14. The lowest BCUT2D eigenvalue weighted by Crippen LogP contribution is -2.37. The maximum atomic E-state index is 12.7. The van der Waals surface area contributed by atoms with Crippen LogP contribution in [0.1, 0.15) is 25.8 Å². The fraction of sp³-hybridized carbons (Fsp3) is 0.389. The second kappa shape index (κ2) is 6.58. The molecule has 0 spiro atoms. The summed E-state index contributed by atoms with van der Waals surface area (Å²) in [7, 11) is 3.13. The molecule has 7 heteroatoms. The van der Waals surface area contributed by atoms with Crippen LogP contribution in [0.15, 0.2) is 39.9 Å². The number of anilines is 1. The summed E-state index contributed by atoms with van der Waals surface area (Å²) in [6.07, 6.45) is 0.922. The van der Waals surface area contributed by atoms with E-state index in [0.29, 0.717) is 23.7 Å². The van der Waals surface area contributed by atoms with E-state index in [-0.39, 0.29) is 17.3 Å². The molecule has 25 heavy (non-hydrogen) atoms. The first-order valence-electron chi connectivity index (χ1n) is 8.40. The molecule has 2 heterocycles. The molecule has 1 atom stereocenters. The van der Waals surface area contributed by atoms with Gasteiger partial charge in [-0.3, -0.25) is 18.5 Å². The Bertz CT molecular complexity index is 1010. The molecule has 3 aromatic rings. The van der Waals surface area contributed by atoms with Crippen LogP contribution in [0.25, 0.3) is 11.2 Å². The Kier molecular flexibility index (Phi) is 4.48. The second-order valence-electron chi connectivity index (χ2n) is 6.34. The highest BCUT2D eigenvalue weighted by molar-refractivity contribution is 5.74. The standard InChI is InChI=1S/C18H23N5O2/c1-5-12(2)19-17-20-15-14(16(24)22(4)18(25)21(15)3)23(17)11-13-9-7-6-8-10-13/h6-10,12H,5,11H2,1-4H3,(H,19,20). The molecule has 0 saturated carbocycles. The fourth-order valence-corrected chi connectivity index (χ4v) is 2.80. The number of nitrogens with zero attached hydrogens (tertiary/aromatic N) is 4. The summed E-state index contributed by atoms with van der Waals surface area (Å²) >= 11 is 0. The zero-order valence-electron chi connectivity index (χ0n) is 15.0. The number of hydrogen-bond donors (Lipinski definition) is 1. The maximum absolute atomic E-state index is 12.7. The van der Waals surface area contributed by atoms with E-state index in [2.05, 4.69) is 24.1 Å². The van der Waals surface area contributed by atoms with E-state index in [9.17, 15) is 9.59 Å². The molecule has 0 radical (unpaired) electrons. The zero-order valence-corrected chi connectivity index (χ0v) is 15.0. The molecule has 7 nitrogen and oxygen atoms in total. The molecule has 1 aromatic carbocycles. The zero-order chi connectivity index (χ0) is 18.1. The van der Waals surface area contributed by atoms with Crippen molar-refractivity contribution in [1.82, 2.24) is 18.7 Å². The third-order valence-corrected chi connectivity index (χ3v) is 4.52. The number of rotatable bonds is 5. The predicted octanol–water partition coefficient (Wildman–Crippen LogP) is 1.69. The van der Waals surface area contributed by atoms with Crippen molar-refractivity contribution in [3.63, 3.8) is 0 Å². The van der Waals surface area contributed by atoms with Gasteiger partial charge in [0.05, 0.1) is 6.54 Å². The van der Waals surface area contributed by atoms with Crippen molar-refractivity contribution >= 4 is 17.1 Å². The van der Waals surface area contributed by atoms with E-state index < -0.39 is 0 Å². The van der Waals surface area contributed by atoms with Gasteiger partial charge in [0, 0.05) is 20.1 Å². The molecule has 0 fully saturated rings. The summed E-state index contributed by atoms with van der Waals surface area (Å²) in [5, 5.41) is 3.35. The molecule has 3 rings (SSSR count). The average molecular weight is 341 g/mol. The van der Waals surface area contributed by atoms with E-state index in [1.165, 1.54) is 11.6 Å². The summed E-state index contributed by atoms with van der Waals surface area (Å²) in [5.74, 6) is 0.603. The number of fused-ring (bicyclic) bond motifs is 1. The molecule has 0 aliphatic heterocycles. The van der Waals surface area contributed by atoms with Crippen LogP contribution in [0.2, 0.25) is 0 Å². The van der Waals surface area contributed by atoms with Gasteiger partial charge >= 0.3 is 5.69 Å². The molecule has 0 aliphatic carbocycles. The van der Waals surface area contributed by atoms with Crippen molar-refractivity contribution in [3.8, 4) is 0 Å². The highest BCUT2D eigenvalue weighted by atomic mass is 16.2. The van der Waals surface area contributed by atoms with Gasteiger partial charge in [-0.1, -0.05) is 37.3 Å². The Labute approximate surface area is 145 Å². The van der Waals surface area contributed by atoms with Gasteiger partial charge in [0.15, 0.2) is 11.2 Å². The van der Waals surface area contributed by atoms with Gasteiger partial charge in [-0.05, 0) is 18.9 Å². The predicted molar refractivity (Wildman–Crippen MR) is 99.1 cm³/mol. The number of hydrogen-bond acceptors (Lipinski definition) is 4. The minimum atomic E-state index is -0.378. The van der Waals surface area contributed by atoms with Crippen LogP contribution in [0.3, 0.4) is 0 Å². The number of imidazole rings is 1. The van der Waals surface area contributed by atoms with Crippen molar-refractivity contribution in [1.29, 1.82) is 0 Å². The Morgan fingerprint density at radius 3 is 2.44 bits per heavy atom. The van der Waals surface area contributed by atoms with E-state index in [1.54, 1.807) is 7.05 Å². The minimum Gasteiger partial charge on any atom is -0.353 e. The molecule has 0 aliphatic rings. The lowest BCUT2D eigenvalue weighted by molar-refractivity contribution is 0.701. The first-order valence-corrected chi connectivity index (χ1v) is 8.40. The number of benzene rings is 1. The largest absolute Gasteiger partial charge is 0.353 e. The molecule has 1 unspecified atom stereocenters. The quantitative estimate of drug-likeness (QED) is 0.766. The van der Waals surface area contributed by atoms with E-state index >= 15 is 0 Å². The summed E-state index contributed by atoms with van der Waals surface area (Å²) in [5.41, 5.74) is 1.18. The van der Waals surface area contributed by atoms with Gasteiger partial charge < -0.3 is 5.32 Å². The van der Waals surface area contributed by atoms with Crippen molar-refractivity contribution in [2.24, 2.45) is 14.1 Å². The van der Waals surface area contributed by atoms with Crippen LogP contribution in [-0.4, -0.2) is 24.7 Å². The minimum absolute atomic E-state index is 0.201. The molecule has 0 saturated heterocycles. The molecular formula is C18H23N5O2. The maximum Gasteiger partial charge on any atom is 0.332 e. The Balaban J connectivity index is 2.28. The van der Waals surface area contributed by atoms with Gasteiger partial charge in [0.2, 0.25) is 5.95 Å². The number of nitrogens with one attached hydrogen (secondary N) is 1. The smallest absolute Gasteiger partial charge is 0.332 e. The number of aryl methyl sites for hydroxylation is 1. The van der Waals surface area contributed by atoms with Crippen LogP contribution < -0.4 is 16.6 Å². The number of aromatic nitrogens is 4. The molecule has 2 aromatic heterocycles. The van der Waals surface area contributed by atoms with Crippen molar-refractivity contribution in [2.45, 2.75) is 32.9 Å². The van der Waals surface area contributed by atoms with Gasteiger partial charge in [-0.2, -0.15) is 4.98 Å².